The highest BCUT2D eigenvalue weighted by atomic mass is 15.2. The van der Waals surface area contributed by atoms with Gasteiger partial charge in [0.25, 0.3) is 0 Å². The van der Waals surface area contributed by atoms with Gasteiger partial charge in [0.05, 0.1) is 0 Å². The first-order chi connectivity index (χ1) is 4.86. The molecule has 0 bridgehead atoms. The van der Waals surface area contributed by atoms with Crippen LogP contribution in [0.2, 0.25) is 0 Å². The summed E-state index contributed by atoms with van der Waals surface area (Å²) < 4.78 is 0. The van der Waals surface area contributed by atoms with Gasteiger partial charge in [-0.25, -0.2) is 0 Å². The van der Waals surface area contributed by atoms with E-state index in [1.54, 1.807) is 0 Å². The Balaban J connectivity index is 2.17. The van der Waals surface area contributed by atoms with E-state index in [2.05, 4.69) is 23.6 Å². The van der Waals surface area contributed by atoms with E-state index >= 15 is 0 Å². The van der Waals surface area contributed by atoms with Crippen LogP contribution in [0.15, 0.2) is 0 Å². The summed E-state index contributed by atoms with van der Waals surface area (Å²) in [7, 11) is 0. The largest absolute Gasteiger partial charge is 0.301 e. The summed E-state index contributed by atoms with van der Waals surface area (Å²) in [5.74, 6) is 0. The fourth-order valence-electron chi connectivity index (χ4n) is 1.33. The van der Waals surface area contributed by atoms with E-state index in [9.17, 15) is 0 Å². The van der Waals surface area contributed by atoms with Crippen LogP contribution in [-0.2, 0) is 0 Å². The second kappa shape index (κ2) is 3.94. The first-order valence-corrected chi connectivity index (χ1v) is 4.10. The molecule has 1 aliphatic rings. The van der Waals surface area contributed by atoms with E-state index < -0.39 is 0 Å². The minimum Gasteiger partial charge on any atom is -0.301 e. The molecule has 0 aromatic carbocycles. The Hall–Kier alpha value is -0.0800. The number of hydrogen-bond acceptors (Lipinski definition) is 2. The van der Waals surface area contributed by atoms with Gasteiger partial charge in [-0.2, -0.15) is 0 Å². The highest BCUT2D eigenvalue weighted by Crippen LogP contribution is 1.99. The first-order valence-electron chi connectivity index (χ1n) is 4.10. The quantitative estimate of drug-likeness (QED) is 0.551. The molecule has 1 saturated heterocycles. The number of likely N-dealkylation sites (N-methyl/N-ethyl adjacent to an activating group) is 1. The Labute approximate surface area is 63.8 Å². The Bertz CT molecular complexity index is 73.3. The monoisotopic (exact) mass is 141 g/mol. The third-order valence-electron chi connectivity index (χ3n) is 2.23. The molecule has 1 rings (SSSR count). The zero-order chi connectivity index (χ0) is 7.40. The van der Waals surface area contributed by atoms with Crippen LogP contribution in [0.1, 0.15) is 6.92 Å². The molecule has 2 nitrogen and oxygen atoms in total. The molecule has 1 heterocycles. The summed E-state index contributed by atoms with van der Waals surface area (Å²) in [4.78, 5) is 4.87. The standard InChI is InChI=1S/C8H17N2/c1-3-9-5-7-10(4-2)8-6-9/h1,3-8H2,2H3. The van der Waals surface area contributed by atoms with Crippen molar-refractivity contribution < 1.29 is 0 Å². The van der Waals surface area contributed by atoms with E-state index in [0.717, 1.165) is 6.54 Å². The molecular formula is C8H17N2. The van der Waals surface area contributed by atoms with Crippen molar-refractivity contribution in [1.29, 1.82) is 0 Å². The molecule has 2 heteroatoms. The molecule has 0 unspecified atom stereocenters. The molecule has 0 spiro atoms. The molecular weight excluding hydrogens is 124 g/mol. The van der Waals surface area contributed by atoms with E-state index in [-0.39, 0.29) is 0 Å². The molecule has 59 valence electrons. The predicted molar refractivity (Wildman–Crippen MR) is 43.9 cm³/mol. The van der Waals surface area contributed by atoms with Crippen LogP contribution >= 0.6 is 0 Å². The van der Waals surface area contributed by atoms with E-state index in [4.69, 9.17) is 0 Å². The molecule has 0 aromatic rings. The number of rotatable bonds is 2. The van der Waals surface area contributed by atoms with Crippen LogP contribution < -0.4 is 0 Å². The van der Waals surface area contributed by atoms with Gasteiger partial charge in [0.1, 0.15) is 0 Å². The van der Waals surface area contributed by atoms with Crippen molar-refractivity contribution in [3.63, 3.8) is 0 Å². The molecule has 0 saturated carbocycles. The Morgan fingerprint density at radius 2 is 1.60 bits per heavy atom. The molecule has 0 amide bonds. The maximum Gasteiger partial charge on any atom is 0.0110 e. The van der Waals surface area contributed by atoms with Crippen LogP contribution in [-0.4, -0.2) is 49.1 Å². The van der Waals surface area contributed by atoms with Crippen LogP contribution in [0.25, 0.3) is 0 Å². The van der Waals surface area contributed by atoms with Gasteiger partial charge < -0.3 is 9.80 Å². The molecule has 1 radical (unpaired) electrons. The molecule has 10 heavy (non-hydrogen) atoms. The van der Waals surface area contributed by atoms with E-state index in [1.807, 2.05) is 0 Å². The van der Waals surface area contributed by atoms with Crippen molar-refractivity contribution in [1.82, 2.24) is 9.80 Å². The van der Waals surface area contributed by atoms with Crippen molar-refractivity contribution in [2.45, 2.75) is 6.92 Å². The normalized spacial score (nSPS) is 23.4. The van der Waals surface area contributed by atoms with Gasteiger partial charge in [0.2, 0.25) is 0 Å². The van der Waals surface area contributed by atoms with Crippen LogP contribution in [0.4, 0.5) is 0 Å². The summed E-state index contributed by atoms with van der Waals surface area (Å²) in [6.07, 6.45) is 0. The first kappa shape index (κ1) is 8.02. The van der Waals surface area contributed by atoms with Gasteiger partial charge in [0, 0.05) is 26.2 Å². The smallest absolute Gasteiger partial charge is 0.0110 e. The molecule has 0 atom stereocenters. The van der Waals surface area contributed by atoms with Crippen LogP contribution in [0.5, 0.6) is 0 Å². The highest BCUT2D eigenvalue weighted by molar-refractivity contribution is 4.70. The number of hydrogen-bond donors (Lipinski definition) is 0. The molecule has 0 aromatic heterocycles. The van der Waals surface area contributed by atoms with Crippen molar-refractivity contribution in [2.24, 2.45) is 0 Å². The minimum absolute atomic E-state index is 0.970. The lowest BCUT2D eigenvalue weighted by molar-refractivity contribution is 0.147. The number of nitrogens with zero attached hydrogens (tertiary/aromatic N) is 2. The molecule has 1 fully saturated rings. The third-order valence-corrected chi connectivity index (χ3v) is 2.23. The van der Waals surface area contributed by atoms with Gasteiger partial charge >= 0.3 is 0 Å². The lowest BCUT2D eigenvalue weighted by Gasteiger charge is -2.33. The minimum atomic E-state index is 0.970. The lowest BCUT2D eigenvalue weighted by Crippen LogP contribution is -2.45. The van der Waals surface area contributed by atoms with E-state index in [1.165, 1.54) is 32.7 Å². The van der Waals surface area contributed by atoms with Gasteiger partial charge in [-0.3, -0.25) is 0 Å². The van der Waals surface area contributed by atoms with Crippen molar-refractivity contribution in [3.05, 3.63) is 6.92 Å². The second-order valence-corrected chi connectivity index (χ2v) is 2.78. The van der Waals surface area contributed by atoms with Gasteiger partial charge in [-0.15, -0.1) is 0 Å². The Morgan fingerprint density at radius 3 is 2.00 bits per heavy atom. The maximum absolute atomic E-state index is 3.87. The zero-order valence-corrected chi connectivity index (χ0v) is 6.84. The fraction of sp³-hybridized carbons (Fsp3) is 0.875. The average Bonchev–Trinajstić information content (AvgIpc) is 2.05. The zero-order valence-electron chi connectivity index (χ0n) is 6.84. The summed E-state index contributed by atoms with van der Waals surface area (Å²) in [5, 5.41) is 0. The van der Waals surface area contributed by atoms with Gasteiger partial charge in [0.15, 0.2) is 0 Å². The second-order valence-electron chi connectivity index (χ2n) is 2.78. The van der Waals surface area contributed by atoms with Crippen molar-refractivity contribution in [2.75, 3.05) is 39.3 Å². The van der Waals surface area contributed by atoms with Crippen LogP contribution in [0, 0.1) is 6.92 Å². The number of piperazine rings is 1. The highest BCUT2D eigenvalue weighted by Gasteiger charge is 2.12. The fourth-order valence-corrected chi connectivity index (χ4v) is 1.33. The topological polar surface area (TPSA) is 6.48 Å². The summed E-state index contributed by atoms with van der Waals surface area (Å²) in [6, 6.07) is 0. The van der Waals surface area contributed by atoms with Crippen molar-refractivity contribution >= 4 is 0 Å². The Kier molecular flexibility index (Phi) is 3.16. The summed E-state index contributed by atoms with van der Waals surface area (Å²) >= 11 is 0. The van der Waals surface area contributed by atoms with Gasteiger partial charge in [-0.1, -0.05) is 6.92 Å². The maximum atomic E-state index is 3.87. The molecule has 0 aliphatic carbocycles. The molecule has 1 aliphatic heterocycles. The lowest BCUT2D eigenvalue weighted by atomic mass is 10.3. The molecule has 0 N–H and O–H groups in total. The average molecular weight is 141 g/mol. The third kappa shape index (κ3) is 1.96. The summed E-state index contributed by atoms with van der Waals surface area (Å²) in [6.45, 7) is 13.1. The van der Waals surface area contributed by atoms with Crippen molar-refractivity contribution in [3.8, 4) is 0 Å². The Morgan fingerprint density at radius 1 is 1.10 bits per heavy atom. The van der Waals surface area contributed by atoms with E-state index in [0.29, 0.717) is 0 Å². The summed E-state index contributed by atoms with van der Waals surface area (Å²) in [5.41, 5.74) is 0. The van der Waals surface area contributed by atoms with Gasteiger partial charge in [-0.05, 0) is 20.0 Å². The van der Waals surface area contributed by atoms with Crippen LogP contribution in [0.3, 0.4) is 0 Å². The predicted octanol–water partition coefficient (Wildman–Crippen LogP) is 0.458. The SMILES string of the molecule is [CH2]CN1CCN(CC)CC1.